The van der Waals surface area contributed by atoms with Crippen molar-refractivity contribution in [2.75, 3.05) is 5.75 Å². The Morgan fingerprint density at radius 1 is 0.875 bits per heavy atom. The maximum absolute atomic E-state index is 11.7. The lowest BCUT2D eigenvalue weighted by Gasteiger charge is -2.11. The summed E-state index contributed by atoms with van der Waals surface area (Å²) in [5, 5.41) is 12.4. The van der Waals surface area contributed by atoms with Gasteiger partial charge in [0, 0.05) is 20.1 Å². The van der Waals surface area contributed by atoms with E-state index in [4.69, 9.17) is 11.6 Å². The quantitative estimate of drug-likeness (QED) is 0.232. The monoisotopic (exact) mass is 519 g/mol. The highest BCUT2D eigenvalue weighted by molar-refractivity contribution is 9.10. The molecular weight excluding hydrogens is 500 g/mol. The normalized spacial score (nSPS) is 11.5. The standard InChI is InChI=1S/C28H21BrClOS/c1-19-17-26(13-14-28(19)31)32-16-15-27(22-9-11-24(29)12-10-22)21-7-5-20(6-8-21)23-3-2-4-25(30)18-23/h2-15,17-18H,16H2,1H3/b27-15+. The van der Waals surface area contributed by atoms with Crippen molar-refractivity contribution in [1.29, 1.82) is 0 Å². The molecule has 0 N–H and O–H groups in total. The van der Waals surface area contributed by atoms with Gasteiger partial charge in [0.15, 0.2) is 5.75 Å². The molecule has 0 atom stereocenters. The molecule has 0 saturated carbocycles. The predicted octanol–water partition coefficient (Wildman–Crippen LogP) is 9.45. The van der Waals surface area contributed by atoms with E-state index in [0.717, 1.165) is 48.0 Å². The van der Waals surface area contributed by atoms with Crippen LogP contribution in [0.2, 0.25) is 5.02 Å². The van der Waals surface area contributed by atoms with Crippen LogP contribution in [0.5, 0.6) is 5.75 Å². The van der Waals surface area contributed by atoms with E-state index in [1.54, 1.807) is 17.8 Å². The molecule has 4 aromatic carbocycles. The van der Waals surface area contributed by atoms with Gasteiger partial charge in [-0.2, -0.15) is 0 Å². The van der Waals surface area contributed by atoms with E-state index in [9.17, 15) is 5.11 Å². The molecule has 159 valence electrons. The molecule has 0 unspecified atom stereocenters. The van der Waals surface area contributed by atoms with Gasteiger partial charge in [0.1, 0.15) is 0 Å². The maximum Gasteiger partial charge on any atom is 0.181 e. The molecule has 1 radical (unpaired) electrons. The number of hydrogen-bond donors (Lipinski definition) is 0. The highest BCUT2D eigenvalue weighted by Crippen LogP contribution is 2.31. The molecule has 0 amide bonds. The SMILES string of the molecule is Cc1cc(SC/C=C(/c2ccc(Br)cc2)c2ccc(-c3cccc(Cl)c3)cc2)ccc1[O]. The van der Waals surface area contributed by atoms with E-state index >= 15 is 0 Å². The highest BCUT2D eigenvalue weighted by atomic mass is 79.9. The van der Waals surface area contributed by atoms with Crippen molar-refractivity contribution in [2.24, 2.45) is 0 Å². The van der Waals surface area contributed by atoms with Crippen LogP contribution in [0.1, 0.15) is 16.7 Å². The largest absolute Gasteiger partial charge is 0.290 e. The minimum atomic E-state index is 0.0836. The average molecular weight is 521 g/mol. The van der Waals surface area contributed by atoms with Gasteiger partial charge in [-0.15, -0.1) is 11.8 Å². The van der Waals surface area contributed by atoms with Crippen molar-refractivity contribution in [3.05, 3.63) is 123 Å². The van der Waals surface area contributed by atoms with Gasteiger partial charge in [-0.05, 0) is 82.8 Å². The Balaban J connectivity index is 1.62. The number of hydrogen-bond acceptors (Lipinski definition) is 1. The van der Waals surface area contributed by atoms with Crippen LogP contribution in [0, 0.1) is 6.92 Å². The fraction of sp³-hybridized carbons (Fsp3) is 0.0714. The van der Waals surface area contributed by atoms with Crippen LogP contribution in [0.25, 0.3) is 16.7 Å². The van der Waals surface area contributed by atoms with Gasteiger partial charge in [-0.25, -0.2) is 0 Å². The van der Waals surface area contributed by atoms with Crippen LogP contribution in [0.4, 0.5) is 0 Å². The molecule has 32 heavy (non-hydrogen) atoms. The molecule has 0 heterocycles. The molecule has 0 saturated heterocycles. The number of benzene rings is 4. The molecule has 0 aliphatic heterocycles. The summed E-state index contributed by atoms with van der Waals surface area (Å²) in [4.78, 5) is 1.10. The second-order valence-corrected chi connectivity index (χ2v) is 9.90. The van der Waals surface area contributed by atoms with Gasteiger partial charge in [-0.3, -0.25) is 5.11 Å². The number of thioether (sulfide) groups is 1. The van der Waals surface area contributed by atoms with Crippen molar-refractivity contribution in [3.8, 4) is 16.9 Å². The first-order chi connectivity index (χ1) is 15.5. The van der Waals surface area contributed by atoms with Crippen LogP contribution >= 0.6 is 39.3 Å². The molecule has 0 aliphatic carbocycles. The Kier molecular flexibility index (Phi) is 7.41. The fourth-order valence-corrected chi connectivity index (χ4v) is 4.80. The molecule has 0 bridgehead atoms. The number of halogens is 2. The van der Waals surface area contributed by atoms with Gasteiger partial charge in [0.05, 0.1) is 0 Å². The zero-order valence-electron chi connectivity index (χ0n) is 17.5. The molecule has 4 aromatic rings. The van der Waals surface area contributed by atoms with Crippen molar-refractivity contribution in [3.63, 3.8) is 0 Å². The summed E-state index contributed by atoms with van der Waals surface area (Å²) in [7, 11) is 0. The van der Waals surface area contributed by atoms with Gasteiger partial charge in [0.25, 0.3) is 0 Å². The summed E-state index contributed by atoms with van der Waals surface area (Å²) in [5.74, 6) is 0.888. The van der Waals surface area contributed by atoms with Crippen molar-refractivity contribution in [2.45, 2.75) is 11.8 Å². The average Bonchev–Trinajstić information content (AvgIpc) is 2.80. The Bertz CT molecular complexity index is 1250. The van der Waals surface area contributed by atoms with Crippen LogP contribution in [-0.2, 0) is 5.11 Å². The van der Waals surface area contributed by atoms with Gasteiger partial charge in [-0.1, -0.05) is 82.1 Å². The lowest BCUT2D eigenvalue weighted by molar-refractivity contribution is 0.351. The molecule has 0 aromatic heterocycles. The first kappa shape index (κ1) is 22.7. The fourth-order valence-electron chi connectivity index (χ4n) is 3.47. The third-order valence-corrected chi connectivity index (χ3v) is 6.88. The third kappa shape index (κ3) is 5.66. The topological polar surface area (TPSA) is 19.9 Å². The van der Waals surface area contributed by atoms with E-state index in [1.807, 2.05) is 37.3 Å². The Hall–Kier alpha value is -2.46. The Morgan fingerprint density at radius 2 is 1.56 bits per heavy atom. The zero-order valence-corrected chi connectivity index (χ0v) is 20.7. The maximum atomic E-state index is 11.7. The summed E-state index contributed by atoms with van der Waals surface area (Å²) in [6, 6.07) is 30.4. The predicted molar refractivity (Wildman–Crippen MR) is 140 cm³/mol. The number of rotatable bonds is 6. The van der Waals surface area contributed by atoms with E-state index in [2.05, 4.69) is 76.6 Å². The summed E-state index contributed by atoms with van der Waals surface area (Å²) >= 11 is 11.4. The van der Waals surface area contributed by atoms with Crippen LogP contribution in [-0.4, -0.2) is 5.75 Å². The first-order valence-corrected chi connectivity index (χ1v) is 12.4. The van der Waals surface area contributed by atoms with E-state index in [0.29, 0.717) is 0 Å². The molecule has 0 spiro atoms. The minimum absolute atomic E-state index is 0.0836. The first-order valence-electron chi connectivity index (χ1n) is 10.2. The summed E-state index contributed by atoms with van der Waals surface area (Å²) < 4.78 is 1.06. The highest BCUT2D eigenvalue weighted by Gasteiger charge is 2.07. The molecule has 0 fully saturated rings. The minimum Gasteiger partial charge on any atom is -0.290 e. The van der Waals surface area contributed by atoms with Crippen LogP contribution in [0.15, 0.2) is 106 Å². The van der Waals surface area contributed by atoms with Crippen molar-refractivity contribution in [1.82, 2.24) is 0 Å². The molecule has 1 nitrogen and oxygen atoms in total. The van der Waals surface area contributed by atoms with Crippen LogP contribution in [0.3, 0.4) is 0 Å². The van der Waals surface area contributed by atoms with Crippen molar-refractivity contribution >= 4 is 44.9 Å². The number of aryl methyl sites for hydroxylation is 1. The summed E-state index contributed by atoms with van der Waals surface area (Å²) in [6.07, 6.45) is 2.25. The van der Waals surface area contributed by atoms with E-state index < -0.39 is 0 Å². The van der Waals surface area contributed by atoms with Gasteiger partial charge in [0.2, 0.25) is 0 Å². The molecule has 4 rings (SSSR count). The molecule has 0 aliphatic rings. The summed E-state index contributed by atoms with van der Waals surface area (Å²) in [5.41, 5.74) is 6.52. The third-order valence-electron chi connectivity index (χ3n) is 5.19. The second-order valence-electron chi connectivity index (χ2n) is 7.45. The lowest BCUT2D eigenvalue weighted by Crippen LogP contribution is -1.90. The van der Waals surface area contributed by atoms with E-state index in [1.165, 1.54) is 5.57 Å². The molecular formula is C28H21BrClOS. The Morgan fingerprint density at radius 3 is 2.22 bits per heavy atom. The van der Waals surface area contributed by atoms with Crippen molar-refractivity contribution < 1.29 is 5.11 Å². The summed E-state index contributed by atoms with van der Waals surface area (Å²) in [6.45, 7) is 1.86. The lowest BCUT2D eigenvalue weighted by atomic mass is 9.95. The zero-order chi connectivity index (χ0) is 22.5. The van der Waals surface area contributed by atoms with Gasteiger partial charge < -0.3 is 0 Å². The van der Waals surface area contributed by atoms with Crippen LogP contribution < -0.4 is 0 Å². The second kappa shape index (κ2) is 10.4. The Labute approximate surface area is 206 Å². The van der Waals surface area contributed by atoms with Gasteiger partial charge >= 0.3 is 0 Å². The smallest absolute Gasteiger partial charge is 0.181 e. The molecule has 4 heteroatoms. The van der Waals surface area contributed by atoms with E-state index in [-0.39, 0.29) is 5.75 Å².